The summed E-state index contributed by atoms with van der Waals surface area (Å²) < 4.78 is 0. The van der Waals surface area contributed by atoms with Crippen LogP contribution in [-0.2, 0) is 0 Å². The molecule has 0 N–H and O–H groups in total. The molecule has 0 aliphatic heterocycles. The zero-order chi connectivity index (χ0) is 29.0. The molecule has 0 amide bonds. The summed E-state index contributed by atoms with van der Waals surface area (Å²) in [4.78, 5) is 10.1. The molecule has 2 nitrogen and oxygen atoms in total. The van der Waals surface area contributed by atoms with E-state index in [9.17, 15) is 0 Å². The van der Waals surface area contributed by atoms with Crippen LogP contribution in [-0.4, -0.2) is 9.97 Å². The van der Waals surface area contributed by atoms with E-state index in [1.165, 1.54) is 11.1 Å². The van der Waals surface area contributed by atoms with Gasteiger partial charge in [-0.1, -0.05) is 151 Å². The summed E-state index contributed by atoms with van der Waals surface area (Å²) >= 11 is 6.66. The predicted octanol–water partition coefficient (Wildman–Crippen LogP) is 11.1. The Morgan fingerprint density at radius 2 is 0.651 bits per heavy atom. The van der Waals surface area contributed by atoms with Gasteiger partial charge in [0.1, 0.15) is 0 Å². The topological polar surface area (TPSA) is 25.8 Å². The highest BCUT2D eigenvalue weighted by atomic mass is 35.5. The van der Waals surface area contributed by atoms with Crippen molar-refractivity contribution in [1.29, 1.82) is 0 Å². The third-order valence-electron chi connectivity index (χ3n) is 7.56. The molecular formula is C40H27ClN2. The Morgan fingerprint density at radius 1 is 0.302 bits per heavy atom. The Labute approximate surface area is 257 Å². The second-order valence-corrected chi connectivity index (χ2v) is 10.9. The SMILES string of the molecule is Clc1cc(-c2ccccc2)cc(-c2nc(-c3ccc(-c4ccccc4)cc3)cc(-c3ccc(-c4ccccc4)cc3)n2)c1. The van der Waals surface area contributed by atoms with Crippen molar-refractivity contribution < 1.29 is 0 Å². The highest BCUT2D eigenvalue weighted by Gasteiger charge is 2.13. The highest BCUT2D eigenvalue weighted by Crippen LogP contribution is 2.33. The van der Waals surface area contributed by atoms with Crippen LogP contribution >= 0.6 is 11.6 Å². The summed E-state index contributed by atoms with van der Waals surface area (Å²) in [5.41, 5.74) is 11.4. The third kappa shape index (κ3) is 5.88. The molecule has 0 saturated carbocycles. The van der Waals surface area contributed by atoms with E-state index in [2.05, 4.69) is 121 Å². The Hall–Kier alpha value is -5.31. The van der Waals surface area contributed by atoms with Gasteiger partial charge in [0.15, 0.2) is 5.82 Å². The Balaban J connectivity index is 1.34. The van der Waals surface area contributed by atoms with Gasteiger partial charge in [-0.05, 0) is 57.6 Å². The maximum Gasteiger partial charge on any atom is 0.160 e. The van der Waals surface area contributed by atoms with Crippen LogP contribution in [0.4, 0.5) is 0 Å². The van der Waals surface area contributed by atoms with Gasteiger partial charge in [0, 0.05) is 21.7 Å². The average Bonchev–Trinajstić information content (AvgIpc) is 3.09. The van der Waals surface area contributed by atoms with Crippen LogP contribution in [0, 0.1) is 0 Å². The molecule has 0 aliphatic carbocycles. The van der Waals surface area contributed by atoms with Crippen molar-refractivity contribution in [2.24, 2.45) is 0 Å². The zero-order valence-electron chi connectivity index (χ0n) is 23.4. The van der Waals surface area contributed by atoms with Gasteiger partial charge in [0.05, 0.1) is 11.4 Å². The van der Waals surface area contributed by atoms with Gasteiger partial charge in [-0.25, -0.2) is 9.97 Å². The molecule has 43 heavy (non-hydrogen) atoms. The first kappa shape index (κ1) is 26.6. The maximum absolute atomic E-state index is 6.66. The molecule has 0 fully saturated rings. The van der Waals surface area contributed by atoms with E-state index in [-0.39, 0.29) is 0 Å². The van der Waals surface area contributed by atoms with Crippen molar-refractivity contribution in [3.8, 4) is 67.3 Å². The molecule has 0 atom stereocenters. The average molecular weight is 571 g/mol. The van der Waals surface area contributed by atoms with Crippen LogP contribution < -0.4 is 0 Å². The maximum atomic E-state index is 6.66. The van der Waals surface area contributed by atoms with Crippen molar-refractivity contribution in [3.63, 3.8) is 0 Å². The number of benzene rings is 6. The van der Waals surface area contributed by atoms with E-state index in [1.54, 1.807) is 0 Å². The minimum atomic E-state index is 0.631. The van der Waals surface area contributed by atoms with E-state index < -0.39 is 0 Å². The number of halogens is 1. The summed E-state index contributed by atoms with van der Waals surface area (Å²) in [5.74, 6) is 0.631. The number of hydrogen-bond donors (Lipinski definition) is 0. The number of hydrogen-bond acceptors (Lipinski definition) is 2. The fraction of sp³-hybridized carbons (Fsp3) is 0. The van der Waals surface area contributed by atoms with Gasteiger partial charge in [0.2, 0.25) is 0 Å². The van der Waals surface area contributed by atoms with Crippen molar-refractivity contribution in [2.45, 2.75) is 0 Å². The van der Waals surface area contributed by atoms with E-state index in [0.29, 0.717) is 10.8 Å². The van der Waals surface area contributed by atoms with Crippen molar-refractivity contribution in [2.75, 3.05) is 0 Å². The Kier molecular flexibility index (Phi) is 7.35. The van der Waals surface area contributed by atoms with Crippen LogP contribution in [0.15, 0.2) is 164 Å². The molecule has 204 valence electrons. The van der Waals surface area contributed by atoms with E-state index >= 15 is 0 Å². The molecule has 0 radical (unpaired) electrons. The lowest BCUT2D eigenvalue weighted by molar-refractivity contribution is 1.18. The van der Waals surface area contributed by atoms with E-state index in [0.717, 1.165) is 50.3 Å². The molecule has 0 aliphatic rings. The molecule has 0 saturated heterocycles. The molecule has 0 bridgehead atoms. The highest BCUT2D eigenvalue weighted by molar-refractivity contribution is 6.31. The monoisotopic (exact) mass is 570 g/mol. The molecule has 6 aromatic carbocycles. The first-order chi connectivity index (χ1) is 21.2. The smallest absolute Gasteiger partial charge is 0.160 e. The fourth-order valence-electron chi connectivity index (χ4n) is 5.32. The molecular weight excluding hydrogens is 544 g/mol. The normalized spacial score (nSPS) is 10.9. The number of aromatic nitrogens is 2. The quantitative estimate of drug-likeness (QED) is 0.199. The second-order valence-electron chi connectivity index (χ2n) is 10.4. The van der Waals surface area contributed by atoms with Gasteiger partial charge in [-0.15, -0.1) is 0 Å². The third-order valence-corrected chi connectivity index (χ3v) is 7.78. The molecule has 0 spiro atoms. The zero-order valence-corrected chi connectivity index (χ0v) is 24.1. The van der Waals surface area contributed by atoms with Gasteiger partial charge in [0.25, 0.3) is 0 Å². The fourth-order valence-corrected chi connectivity index (χ4v) is 5.55. The van der Waals surface area contributed by atoms with E-state index in [1.807, 2.05) is 42.5 Å². The molecule has 7 aromatic rings. The van der Waals surface area contributed by atoms with Gasteiger partial charge in [-0.2, -0.15) is 0 Å². The standard InChI is InChI=1S/C40H27ClN2/c41-37-25-35(30-14-8-3-9-15-30)24-36(26-37)40-42-38(33-20-16-31(17-21-33)28-10-4-1-5-11-28)27-39(43-40)34-22-18-32(19-23-34)29-12-6-2-7-13-29/h1-27H. The molecule has 7 rings (SSSR count). The molecule has 1 aromatic heterocycles. The first-order valence-corrected chi connectivity index (χ1v) is 14.6. The van der Waals surface area contributed by atoms with Crippen LogP contribution in [0.25, 0.3) is 67.3 Å². The second kappa shape index (κ2) is 11.9. The van der Waals surface area contributed by atoms with E-state index in [4.69, 9.17) is 21.6 Å². The summed E-state index contributed by atoms with van der Waals surface area (Å²) in [7, 11) is 0. The van der Waals surface area contributed by atoms with Crippen molar-refractivity contribution in [3.05, 3.63) is 169 Å². The Bertz CT molecular complexity index is 1880. The largest absolute Gasteiger partial charge is 0.228 e. The Morgan fingerprint density at radius 3 is 1.09 bits per heavy atom. The minimum Gasteiger partial charge on any atom is -0.228 e. The summed E-state index contributed by atoms with van der Waals surface area (Å²) in [5, 5.41) is 0.645. The molecule has 1 heterocycles. The van der Waals surface area contributed by atoms with Crippen LogP contribution in [0.5, 0.6) is 0 Å². The van der Waals surface area contributed by atoms with Crippen LogP contribution in [0.3, 0.4) is 0 Å². The summed E-state index contributed by atoms with van der Waals surface area (Å²) in [6.45, 7) is 0. The molecule has 0 unspecified atom stereocenters. The first-order valence-electron chi connectivity index (χ1n) is 14.3. The predicted molar refractivity (Wildman–Crippen MR) is 180 cm³/mol. The van der Waals surface area contributed by atoms with Gasteiger partial charge >= 0.3 is 0 Å². The lowest BCUT2D eigenvalue weighted by Gasteiger charge is -2.12. The molecule has 3 heteroatoms. The summed E-state index contributed by atoms with van der Waals surface area (Å²) in [6, 6.07) is 56.3. The van der Waals surface area contributed by atoms with Crippen LogP contribution in [0.2, 0.25) is 5.02 Å². The van der Waals surface area contributed by atoms with Crippen LogP contribution in [0.1, 0.15) is 0 Å². The number of nitrogens with zero attached hydrogens (tertiary/aromatic N) is 2. The summed E-state index contributed by atoms with van der Waals surface area (Å²) in [6.07, 6.45) is 0. The van der Waals surface area contributed by atoms with Crippen molar-refractivity contribution >= 4 is 11.6 Å². The van der Waals surface area contributed by atoms with Gasteiger partial charge < -0.3 is 0 Å². The minimum absolute atomic E-state index is 0.631. The number of rotatable bonds is 6. The van der Waals surface area contributed by atoms with Crippen molar-refractivity contribution in [1.82, 2.24) is 9.97 Å². The lowest BCUT2D eigenvalue weighted by Crippen LogP contribution is -1.96. The lowest BCUT2D eigenvalue weighted by atomic mass is 10.00. The van der Waals surface area contributed by atoms with Gasteiger partial charge in [-0.3, -0.25) is 0 Å².